The van der Waals surface area contributed by atoms with Gasteiger partial charge in [-0.15, -0.1) is 66.5 Å². The normalized spacial score (nSPS) is 37.8. The summed E-state index contributed by atoms with van der Waals surface area (Å²) in [5, 5.41) is 0. The standard InChI is InChI=1S/C9H14Cl6Si2/c10-16(11,12)2-1-6-3-8-4-7(6)5-9(8)17(13,14)15/h6-9H,1-5H2. The van der Waals surface area contributed by atoms with Crippen molar-refractivity contribution in [2.24, 2.45) is 17.8 Å². The molecule has 2 aliphatic carbocycles. The summed E-state index contributed by atoms with van der Waals surface area (Å²) in [6, 6.07) is -4.21. The van der Waals surface area contributed by atoms with Crippen molar-refractivity contribution in [1.82, 2.24) is 0 Å². The van der Waals surface area contributed by atoms with E-state index in [4.69, 9.17) is 66.5 Å². The van der Waals surface area contributed by atoms with Crippen LogP contribution in [0, 0.1) is 17.8 Å². The Hall–Kier alpha value is 2.17. The maximum absolute atomic E-state index is 6.14. The Morgan fingerprint density at radius 3 is 1.88 bits per heavy atom. The van der Waals surface area contributed by atoms with Gasteiger partial charge in [0.05, 0.1) is 0 Å². The number of hydrogen-bond donors (Lipinski definition) is 0. The molecule has 2 saturated carbocycles. The van der Waals surface area contributed by atoms with E-state index in [1.807, 2.05) is 0 Å². The third kappa shape index (κ3) is 4.07. The highest BCUT2D eigenvalue weighted by molar-refractivity contribution is 7.65. The summed E-state index contributed by atoms with van der Waals surface area (Å²) < 4.78 is 0. The van der Waals surface area contributed by atoms with E-state index in [1.165, 1.54) is 12.8 Å². The summed E-state index contributed by atoms with van der Waals surface area (Å²) in [7, 11) is 0. The van der Waals surface area contributed by atoms with Crippen LogP contribution < -0.4 is 0 Å². The molecular weight excluding hydrogens is 377 g/mol. The SMILES string of the molecule is Cl[Si](Cl)(Cl)CCC1CC2CC1CC2[Si](Cl)(Cl)Cl. The molecule has 4 atom stereocenters. The molecule has 0 saturated heterocycles. The molecular formula is C9H14Cl6Si2. The van der Waals surface area contributed by atoms with E-state index in [2.05, 4.69) is 0 Å². The van der Waals surface area contributed by atoms with Gasteiger partial charge in [-0.05, 0) is 55.0 Å². The van der Waals surface area contributed by atoms with Gasteiger partial charge >= 0.3 is 12.0 Å². The predicted octanol–water partition coefficient (Wildman–Crippen LogP) is 6.10. The molecule has 0 radical (unpaired) electrons. The van der Waals surface area contributed by atoms with Crippen molar-refractivity contribution in [2.45, 2.75) is 37.3 Å². The third-order valence-corrected chi connectivity index (χ3v) is 10.8. The Kier molecular flexibility index (Phi) is 5.05. The van der Waals surface area contributed by atoms with Crippen LogP contribution in [0.1, 0.15) is 25.7 Å². The molecule has 2 bridgehead atoms. The quantitative estimate of drug-likeness (QED) is 0.401. The average molecular weight is 391 g/mol. The lowest BCUT2D eigenvalue weighted by Crippen LogP contribution is -2.27. The van der Waals surface area contributed by atoms with Gasteiger partial charge in [0.2, 0.25) is 0 Å². The Labute approximate surface area is 132 Å². The van der Waals surface area contributed by atoms with E-state index in [1.54, 1.807) is 0 Å². The van der Waals surface area contributed by atoms with Crippen LogP contribution in [0.3, 0.4) is 0 Å². The maximum atomic E-state index is 6.14. The van der Waals surface area contributed by atoms with Crippen molar-refractivity contribution in [3.63, 3.8) is 0 Å². The van der Waals surface area contributed by atoms with E-state index in [0.717, 1.165) is 18.9 Å². The molecule has 0 aromatic carbocycles. The van der Waals surface area contributed by atoms with Gasteiger partial charge < -0.3 is 0 Å². The van der Waals surface area contributed by atoms with Crippen molar-refractivity contribution in [1.29, 1.82) is 0 Å². The smallest absolute Gasteiger partial charge is 0.126 e. The zero-order valence-corrected chi connectivity index (χ0v) is 15.6. The molecule has 17 heavy (non-hydrogen) atoms. The van der Waals surface area contributed by atoms with Gasteiger partial charge in [0.1, 0.15) is 0 Å². The highest BCUT2D eigenvalue weighted by Gasteiger charge is 2.53. The monoisotopic (exact) mass is 388 g/mol. The molecule has 8 heteroatoms. The van der Waals surface area contributed by atoms with Gasteiger partial charge in [0.25, 0.3) is 0 Å². The van der Waals surface area contributed by atoms with Crippen LogP contribution in [0.5, 0.6) is 0 Å². The molecule has 0 aromatic rings. The molecule has 0 aromatic heterocycles. The third-order valence-electron chi connectivity index (χ3n) is 4.22. The maximum Gasteiger partial charge on any atom is 0.344 e. The van der Waals surface area contributed by atoms with Gasteiger partial charge in [-0.3, -0.25) is 0 Å². The fraction of sp³-hybridized carbons (Fsp3) is 1.00. The summed E-state index contributed by atoms with van der Waals surface area (Å²) in [6.45, 7) is 0. The summed E-state index contributed by atoms with van der Waals surface area (Å²) in [6.07, 6.45) is 4.51. The largest absolute Gasteiger partial charge is 0.344 e. The van der Waals surface area contributed by atoms with Crippen LogP contribution in [0.15, 0.2) is 0 Å². The van der Waals surface area contributed by atoms with Crippen LogP contribution in [0.25, 0.3) is 0 Å². The van der Waals surface area contributed by atoms with E-state index in [-0.39, 0.29) is 0 Å². The van der Waals surface area contributed by atoms with Crippen LogP contribution in [-0.4, -0.2) is 12.0 Å². The van der Waals surface area contributed by atoms with E-state index in [0.29, 0.717) is 23.3 Å². The summed E-state index contributed by atoms with van der Waals surface area (Å²) in [4.78, 5) is 0. The average Bonchev–Trinajstić information content (AvgIpc) is 2.70. The van der Waals surface area contributed by atoms with Crippen LogP contribution in [-0.2, 0) is 0 Å². The molecule has 100 valence electrons. The first-order valence-electron chi connectivity index (χ1n) is 5.80. The highest BCUT2D eigenvalue weighted by Crippen LogP contribution is 2.61. The number of fused-ring (bicyclic) bond motifs is 2. The fourth-order valence-electron chi connectivity index (χ4n) is 3.50. The Balaban J connectivity index is 1.86. The molecule has 0 spiro atoms. The van der Waals surface area contributed by atoms with Crippen molar-refractivity contribution in [2.75, 3.05) is 0 Å². The van der Waals surface area contributed by atoms with Crippen molar-refractivity contribution in [3.05, 3.63) is 0 Å². The molecule has 2 aliphatic rings. The first kappa shape index (κ1) is 15.6. The van der Waals surface area contributed by atoms with Crippen LogP contribution >= 0.6 is 66.5 Å². The zero-order chi connectivity index (χ0) is 12.8. The summed E-state index contributed by atoms with van der Waals surface area (Å²) in [5.74, 6) is 2.01. The topological polar surface area (TPSA) is 0 Å². The van der Waals surface area contributed by atoms with Crippen LogP contribution in [0.4, 0.5) is 0 Å². The van der Waals surface area contributed by atoms with Crippen LogP contribution in [0.2, 0.25) is 11.6 Å². The van der Waals surface area contributed by atoms with Crippen molar-refractivity contribution in [3.8, 4) is 0 Å². The van der Waals surface area contributed by atoms with E-state index >= 15 is 0 Å². The minimum atomic E-state index is -2.52. The molecule has 2 rings (SSSR count). The molecule has 0 amide bonds. The molecule has 0 N–H and O–H groups in total. The lowest BCUT2D eigenvalue weighted by molar-refractivity contribution is 0.323. The second-order valence-electron chi connectivity index (χ2n) is 5.29. The molecule has 4 unspecified atom stereocenters. The number of rotatable bonds is 4. The second kappa shape index (κ2) is 5.52. The van der Waals surface area contributed by atoms with E-state index in [9.17, 15) is 0 Å². The van der Waals surface area contributed by atoms with Gasteiger partial charge in [-0.1, -0.05) is 0 Å². The Morgan fingerprint density at radius 1 is 0.824 bits per heavy atom. The van der Waals surface area contributed by atoms with Gasteiger partial charge in [-0.25, -0.2) is 0 Å². The zero-order valence-electron chi connectivity index (χ0n) is 9.11. The lowest BCUT2D eigenvalue weighted by atomic mass is 9.87. The fourth-order valence-corrected chi connectivity index (χ4v) is 8.96. The first-order valence-corrected chi connectivity index (χ1v) is 16.2. The summed E-state index contributed by atoms with van der Waals surface area (Å²) in [5.41, 5.74) is 0.360. The highest BCUT2D eigenvalue weighted by atomic mass is 35.8. The Bertz CT molecular complexity index is 286. The number of halogens is 6. The second-order valence-corrected chi connectivity index (χ2v) is 23.5. The molecule has 0 nitrogen and oxygen atoms in total. The predicted molar refractivity (Wildman–Crippen MR) is 84.1 cm³/mol. The number of hydrogen-bond acceptors (Lipinski definition) is 0. The van der Waals surface area contributed by atoms with Gasteiger partial charge in [0, 0.05) is 0 Å². The summed E-state index contributed by atoms with van der Waals surface area (Å²) >= 11 is 36.2. The Morgan fingerprint density at radius 2 is 1.47 bits per heavy atom. The van der Waals surface area contributed by atoms with Gasteiger partial charge in [-0.2, -0.15) is 0 Å². The van der Waals surface area contributed by atoms with E-state index < -0.39 is 12.0 Å². The van der Waals surface area contributed by atoms with Crippen molar-refractivity contribution < 1.29 is 0 Å². The van der Waals surface area contributed by atoms with Crippen molar-refractivity contribution >= 4 is 78.5 Å². The molecule has 2 fully saturated rings. The first-order chi connectivity index (χ1) is 7.67. The van der Waals surface area contributed by atoms with Gasteiger partial charge in [0.15, 0.2) is 0 Å². The minimum Gasteiger partial charge on any atom is -0.126 e. The minimum absolute atomic E-state index is 0.360. The molecule has 0 aliphatic heterocycles. The lowest BCUT2D eigenvalue weighted by Gasteiger charge is -2.31. The molecule has 0 heterocycles.